The fourth-order valence-electron chi connectivity index (χ4n) is 3.82. The Kier molecular flexibility index (Phi) is 5.68. The minimum absolute atomic E-state index is 0.285. The van der Waals surface area contributed by atoms with Crippen LogP contribution in [0.25, 0.3) is 0 Å². The molecule has 1 fully saturated rings. The minimum Gasteiger partial charge on any atom is -0.452 e. The van der Waals surface area contributed by atoms with E-state index in [1.807, 2.05) is 30.3 Å². The number of anilines is 1. The maximum atomic E-state index is 14.8. The van der Waals surface area contributed by atoms with Crippen LogP contribution in [0.5, 0.6) is 0 Å². The van der Waals surface area contributed by atoms with Crippen molar-refractivity contribution in [1.29, 1.82) is 0 Å². The number of benzene rings is 2. The summed E-state index contributed by atoms with van der Waals surface area (Å²) in [5.41, 5.74) is 2.42. The summed E-state index contributed by atoms with van der Waals surface area (Å²) in [6.45, 7) is 2.06. The number of aryl methyl sites for hydroxylation is 1. The standard InChI is InChI=1S/C25H20FN3OS2/c1-16-9-11-17(12-10-16)32-22-14-13-21(30-22)24-23(19-7-4-5-15-27-19)28-25(31)29(24)20-8-3-2-6-18(20)26/h2-15,23-24H,1H3,(H,28,31)/t23-,24-/m1/s1. The molecule has 1 saturated heterocycles. The van der Waals surface area contributed by atoms with Crippen molar-refractivity contribution in [3.63, 3.8) is 0 Å². The maximum Gasteiger partial charge on any atom is 0.174 e. The first-order chi connectivity index (χ1) is 15.6. The Balaban J connectivity index is 1.54. The van der Waals surface area contributed by atoms with E-state index in [0.717, 1.165) is 15.7 Å². The molecule has 0 bridgehead atoms. The highest BCUT2D eigenvalue weighted by molar-refractivity contribution is 7.99. The quantitative estimate of drug-likeness (QED) is 0.345. The number of rotatable bonds is 5. The summed E-state index contributed by atoms with van der Waals surface area (Å²) < 4.78 is 21.0. The Morgan fingerprint density at radius 3 is 2.53 bits per heavy atom. The molecule has 2 aromatic heterocycles. The number of aromatic nitrogens is 1. The third-order valence-electron chi connectivity index (χ3n) is 5.34. The third kappa shape index (κ3) is 4.01. The summed E-state index contributed by atoms with van der Waals surface area (Å²) in [6, 6.07) is 23.8. The minimum atomic E-state index is -0.387. The van der Waals surface area contributed by atoms with Gasteiger partial charge in [0.05, 0.1) is 17.4 Å². The van der Waals surface area contributed by atoms with Gasteiger partial charge in [0.25, 0.3) is 0 Å². The van der Waals surface area contributed by atoms with Crippen molar-refractivity contribution >= 4 is 34.8 Å². The van der Waals surface area contributed by atoms with Crippen molar-refractivity contribution in [2.75, 3.05) is 4.90 Å². The molecule has 1 N–H and O–H groups in total. The number of halogens is 1. The monoisotopic (exact) mass is 461 g/mol. The molecule has 0 saturated carbocycles. The van der Waals surface area contributed by atoms with Gasteiger partial charge in [-0.15, -0.1) is 0 Å². The summed E-state index contributed by atoms with van der Waals surface area (Å²) in [5.74, 6) is 0.343. The van der Waals surface area contributed by atoms with Crippen molar-refractivity contribution in [3.8, 4) is 0 Å². The summed E-state index contributed by atoms with van der Waals surface area (Å²) >= 11 is 7.18. The molecule has 0 amide bonds. The van der Waals surface area contributed by atoms with Gasteiger partial charge in [0, 0.05) is 11.1 Å². The second kappa shape index (κ2) is 8.76. The molecule has 2 atom stereocenters. The summed E-state index contributed by atoms with van der Waals surface area (Å²) in [5, 5.41) is 4.51. The second-order valence-electron chi connectivity index (χ2n) is 7.52. The van der Waals surface area contributed by atoms with E-state index in [0.29, 0.717) is 16.6 Å². The first-order valence-corrected chi connectivity index (χ1v) is 11.4. The molecule has 4 aromatic rings. The fourth-order valence-corrected chi connectivity index (χ4v) is 4.94. The normalized spacial score (nSPS) is 18.1. The highest BCUT2D eigenvalue weighted by Crippen LogP contribution is 2.43. The van der Waals surface area contributed by atoms with Crippen LogP contribution in [-0.4, -0.2) is 10.1 Å². The van der Waals surface area contributed by atoms with E-state index in [9.17, 15) is 4.39 Å². The van der Waals surface area contributed by atoms with E-state index in [-0.39, 0.29) is 17.9 Å². The second-order valence-corrected chi connectivity index (χ2v) is 8.98. The average molecular weight is 462 g/mol. The number of pyridine rings is 1. The smallest absolute Gasteiger partial charge is 0.174 e. The van der Waals surface area contributed by atoms with Gasteiger partial charge in [0.2, 0.25) is 0 Å². The van der Waals surface area contributed by atoms with Crippen LogP contribution in [0.3, 0.4) is 0 Å². The Labute approximate surface area is 195 Å². The van der Waals surface area contributed by atoms with E-state index in [2.05, 4.69) is 41.5 Å². The molecule has 0 radical (unpaired) electrons. The maximum absolute atomic E-state index is 14.8. The third-order valence-corrected chi connectivity index (χ3v) is 6.59. The number of furan rings is 1. The average Bonchev–Trinajstić information content (AvgIpc) is 3.40. The van der Waals surface area contributed by atoms with Crippen molar-refractivity contribution in [2.24, 2.45) is 0 Å². The fraction of sp³-hybridized carbons (Fsp3) is 0.120. The molecular formula is C25H20FN3OS2. The summed E-state index contributed by atoms with van der Waals surface area (Å²) in [6.07, 6.45) is 1.74. The topological polar surface area (TPSA) is 41.3 Å². The number of nitrogens with one attached hydrogen (secondary N) is 1. The Morgan fingerprint density at radius 1 is 1.00 bits per heavy atom. The Bertz CT molecular complexity index is 1240. The molecule has 1 aliphatic heterocycles. The number of para-hydroxylation sites is 1. The lowest BCUT2D eigenvalue weighted by molar-refractivity contribution is 0.382. The molecule has 32 heavy (non-hydrogen) atoms. The van der Waals surface area contributed by atoms with Gasteiger partial charge in [-0.1, -0.05) is 47.7 Å². The van der Waals surface area contributed by atoms with Crippen LogP contribution in [0.1, 0.15) is 29.1 Å². The Hall–Kier alpha value is -3.16. The summed E-state index contributed by atoms with van der Waals surface area (Å²) in [4.78, 5) is 7.38. The molecule has 1 aliphatic rings. The Morgan fingerprint density at radius 2 is 1.78 bits per heavy atom. The lowest BCUT2D eigenvalue weighted by Crippen LogP contribution is -2.30. The van der Waals surface area contributed by atoms with Crippen molar-refractivity contribution in [3.05, 3.63) is 108 Å². The zero-order valence-corrected chi connectivity index (χ0v) is 18.9. The molecule has 4 nitrogen and oxygen atoms in total. The van der Waals surface area contributed by atoms with Crippen molar-refractivity contribution < 1.29 is 8.81 Å². The van der Waals surface area contributed by atoms with Gasteiger partial charge in [-0.3, -0.25) is 4.98 Å². The molecule has 2 aromatic carbocycles. The van der Waals surface area contributed by atoms with Crippen LogP contribution in [0.15, 0.2) is 99.5 Å². The van der Waals surface area contributed by atoms with Crippen LogP contribution in [0.4, 0.5) is 10.1 Å². The van der Waals surface area contributed by atoms with E-state index in [1.54, 1.807) is 41.1 Å². The largest absolute Gasteiger partial charge is 0.452 e. The molecule has 0 unspecified atom stereocenters. The zero-order chi connectivity index (χ0) is 22.1. The molecule has 3 heterocycles. The van der Waals surface area contributed by atoms with Crippen LogP contribution < -0.4 is 10.2 Å². The van der Waals surface area contributed by atoms with Crippen LogP contribution in [0, 0.1) is 12.7 Å². The van der Waals surface area contributed by atoms with Gasteiger partial charge >= 0.3 is 0 Å². The van der Waals surface area contributed by atoms with Gasteiger partial charge < -0.3 is 14.6 Å². The molecule has 5 rings (SSSR count). The molecule has 0 aliphatic carbocycles. The SMILES string of the molecule is Cc1ccc(Sc2ccc([C@@H]3[C@@H](c4ccccn4)NC(=S)N3c3ccccc3F)o2)cc1. The van der Waals surface area contributed by atoms with Gasteiger partial charge in [0.15, 0.2) is 10.2 Å². The number of hydrogen-bond donors (Lipinski definition) is 1. The number of nitrogens with zero attached hydrogens (tertiary/aromatic N) is 2. The first kappa shape index (κ1) is 20.7. The van der Waals surface area contributed by atoms with Gasteiger partial charge in [-0.05, 0) is 67.7 Å². The van der Waals surface area contributed by atoms with E-state index in [1.165, 1.54) is 11.6 Å². The van der Waals surface area contributed by atoms with Gasteiger partial charge in [0.1, 0.15) is 17.6 Å². The lowest BCUT2D eigenvalue weighted by Gasteiger charge is -2.26. The highest BCUT2D eigenvalue weighted by Gasteiger charge is 2.43. The van der Waals surface area contributed by atoms with Gasteiger partial charge in [-0.25, -0.2) is 4.39 Å². The predicted molar refractivity (Wildman–Crippen MR) is 128 cm³/mol. The van der Waals surface area contributed by atoms with E-state index in [4.69, 9.17) is 16.6 Å². The van der Waals surface area contributed by atoms with Gasteiger partial charge in [-0.2, -0.15) is 0 Å². The number of hydrogen-bond acceptors (Lipinski definition) is 4. The van der Waals surface area contributed by atoms with Crippen LogP contribution in [-0.2, 0) is 0 Å². The lowest BCUT2D eigenvalue weighted by atomic mass is 10.0. The van der Waals surface area contributed by atoms with Crippen molar-refractivity contribution in [1.82, 2.24) is 10.3 Å². The van der Waals surface area contributed by atoms with Crippen molar-refractivity contribution in [2.45, 2.75) is 29.0 Å². The van der Waals surface area contributed by atoms with Crippen LogP contribution in [0.2, 0.25) is 0 Å². The molecule has 160 valence electrons. The molecule has 7 heteroatoms. The number of thiocarbonyl (C=S) groups is 1. The zero-order valence-electron chi connectivity index (χ0n) is 17.2. The highest BCUT2D eigenvalue weighted by atomic mass is 32.2. The predicted octanol–water partition coefficient (Wildman–Crippen LogP) is 6.45. The van der Waals surface area contributed by atoms with E-state index < -0.39 is 0 Å². The first-order valence-electron chi connectivity index (χ1n) is 10.2. The van der Waals surface area contributed by atoms with E-state index >= 15 is 0 Å². The molecular weight excluding hydrogens is 441 g/mol. The van der Waals surface area contributed by atoms with Crippen LogP contribution >= 0.6 is 24.0 Å². The molecule has 0 spiro atoms. The summed E-state index contributed by atoms with van der Waals surface area (Å²) in [7, 11) is 0.